The number of ether oxygens (including phenoxy) is 1. The highest BCUT2D eigenvalue weighted by Crippen LogP contribution is 2.36. The summed E-state index contributed by atoms with van der Waals surface area (Å²) in [6, 6.07) is 3.72. The molecular formula is C11H13NO2S. The first-order chi connectivity index (χ1) is 7.22. The number of aromatic hydroxyl groups is 1. The van der Waals surface area contributed by atoms with E-state index < -0.39 is 0 Å². The molecule has 0 fully saturated rings. The molecule has 0 spiro atoms. The smallest absolute Gasteiger partial charge is 0.139 e. The lowest BCUT2D eigenvalue weighted by atomic mass is 10.2. The molecule has 1 atom stereocenters. The molecule has 0 radical (unpaired) electrons. The molecule has 80 valence electrons. The largest absolute Gasteiger partial charge is 0.506 e. The normalized spacial score (nSPS) is 13.2. The highest BCUT2D eigenvalue weighted by Gasteiger charge is 2.13. The van der Waals surface area contributed by atoms with E-state index in [0.717, 1.165) is 21.5 Å². The second-order valence-electron chi connectivity index (χ2n) is 3.48. The number of methoxy groups -OCH3 is 1. The van der Waals surface area contributed by atoms with Gasteiger partial charge in [0.05, 0.1) is 16.4 Å². The molecule has 2 rings (SSSR count). The van der Waals surface area contributed by atoms with Crippen molar-refractivity contribution in [1.29, 1.82) is 0 Å². The van der Waals surface area contributed by atoms with Crippen molar-refractivity contribution in [2.24, 2.45) is 0 Å². The Morgan fingerprint density at radius 2 is 2.40 bits per heavy atom. The quantitative estimate of drug-likeness (QED) is 0.869. The minimum Gasteiger partial charge on any atom is -0.506 e. The van der Waals surface area contributed by atoms with Gasteiger partial charge in [0.25, 0.3) is 0 Å². The van der Waals surface area contributed by atoms with Gasteiger partial charge < -0.3 is 9.84 Å². The average Bonchev–Trinajstić information content (AvgIpc) is 2.57. The zero-order valence-electron chi connectivity index (χ0n) is 8.73. The van der Waals surface area contributed by atoms with Gasteiger partial charge in [0, 0.05) is 19.7 Å². The van der Waals surface area contributed by atoms with E-state index >= 15 is 0 Å². The molecule has 0 aliphatic rings. The number of hydrogen-bond acceptors (Lipinski definition) is 4. The van der Waals surface area contributed by atoms with Gasteiger partial charge in [0.2, 0.25) is 0 Å². The van der Waals surface area contributed by atoms with E-state index in [4.69, 9.17) is 4.74 Å². The third-order valence-electron chi connectivity index (χ3n) is 2.39. The number of pyridine rings is 1. The summed E-state index contributed by atoms with van der Waals surface area (Å²) in [6.07, 6.45) is 2.58. The Hall–Kier alpha value is -1.13. The van der Waals surface area contributed by atoms with Crippen LogP contribution >= 0.6 is 11.3 Å². The van der Waals surface area contributed by atoms with Gasteiger partial charge in [-0.1, -0.05) is 0 Å². The summed E-state index contributed by atoms with van der Waals surface area (Å²) in [5, 5.41) is 10.8. The Labute approximate surface area is 92.3 Å². The molecule has 2 heterocycles. The maximum absolute atomic E-state index is 9.95. The predicted molar refractivity (Wildman–Crippen MR) is 61.5 cm³/mol. The van der Waals surface area contributed by atoms with E-state index in [9.17, 15) is 5.11 Å². The standard InChI is InChI=1S/C11H13NO2S/c1-7(14-2)6-9-10(13)8-4-3-5-12-11(8)15-9/h3-5,7,13H,6H2,1-2H3. The number of nitrogens with zero attached hydrogens (tertiary/aromatic N) is 1. The van der Waals surface area contributed by atoms with Crippen molar-refractivity contribution in [1.82, 2.24) is 4.98 Å². The van der Waals surface area contributed by atoms with Gasteiger partial charge in [-0.15, -0.1) is 11.3 Å². The number of hydrogen-bond donors (Lipinski definition) is 1. The Morgan fingerprint density at radius 3 is 3.07 bits per heavy atom. The van der Waals surface area contributed by atoms with Crippen LogP contribution in [0.3, 0.4) is 0 Å². The topological polar surface area (TPSA) is 42.4 Å². The molecule has 3 nitrogen and oxygen atoms in total. The van der Waals surface area contributed by atoms with Crippen LogP contribution < -0.4 is 0 Å². The van der Waals surface area contributed by atoms with Gasteiger partial charge >= 0.3 is 0 Å². The van der Waals surface area contributed by atoms with Crippen molar-refractivity contribution in [3.05, 3.63) is 23.2 Å². The second-order valence-corrected chi connectivity index (χ2v) is 4.56. The van der Waals surface area contributed by atoms with Crippen LogP contribution in [-0.2, 0) is 11.2 Å². The highest BCUT2D eigenvalue weighted by molar-refractivity contribution is 7.19. The molecule has 1 unspecified atom stereocenters. The molecule has 2 aromatic heterocycles. The summed E-state index contributed by atoms with van der Waals surface area (Å²) in [5.41, 5.74) is 0. The van der Waals surface area contributed by atoms with Gasteiger partial charge in [0.1, 0.15) is 10.6 Å². The highest BCUT2D eigenvalue weighted by atomic mass is 32.1. The first-order valence-electron chi connectivity index (χ1n) is 4.80. The fourth-order valence-electron chi connectivity index (χ4n) is 1.45. The Bertz CT molecular complexity index is 467. The zero-order valence-corrected chi connectivity index (χ0v) is 9.54. The van der Waals surface area contributed by atoms with Gasteiger partial charge in [-0.3, -0.25) is 0 Å². The summed E-state index contributed by atoms with van der Waals surface area (Å²) in [6.45, 7) is 1.98. The molecule has 2 aromatic rings. The van der Waals surface area contributed by atoms with Gasteiger partial charge in [-0.2, -0.15) is 0 Å². The summed E-state index contributed by atoms with van der Waals surface area (Å²) in [5.74, 6) is 0.354. The van der Waals surface area contributed by atoms with Crippen molar-refractivity contribution in [3.63, 3.8) is 0 Å². The van der Waals surface area contributed by atoms with Crippen molar-refractivity contribution >= 4 is 21.6 Å². The van der Waals surface area contributed by atoms with Gasteiger partial charge in [-0.25, -0.2) is 4.98 Å². The summed E-state index contributed by atoms with van der Waals surface area (Å²) < 4.78 is 5.18. The lowest BCUT2D eigenvalue weighted by molar-refractivity contribution is 0.119. The van der Waals surface area contributed by atoms with E-state index in [2.05, 4.69) is 4.98 Å². The first-order valence-corrected chi connectivity index (χ1v) is 5.62. The molecule has 0 saturated heterocycles. The molecule has 0 saturated carbocycles. The fraction of sp³-hybridized carbons (Fsp3) is 0.364. The van der Waals surface area contributed by atoms with E-state index in [0.29, 0.717) is 5.75 Å². The Balaban J connectivity index is 2.40. The average molecular weight is 223 g/mol. The van der Waals surface area contributed by atoms with Gasteiger partial charge in [-0.05, 0) is 19.1 Å². The lowest BCUT2D eigenvalue weighted by Crippen LogP contribution is -2.07. The molecule has 0 aromatic carbocycles. The van der Waals surface area contributed by atoms with Crippen molar-refractivity contribution in [2.45, 2.75) is 19.4 Å². The number of aromatic nitrogens is 1. The zero-order chi connectivity index (χ0) is 10.8. The minimum absolute atomic E-state index is 0.115. The molecule has 4 heteroatoms. The van der Waals surface area contributed by atoms with Crippen LogP contribution in [0.4, 0.5) is 0 Å². The second kappa shape index (κ2) is 4.16. The van der Waals surface area contributed by atoms with E-state index in [1.54, 1.807) is 13.3 Å². The summed E-state index contributed by atoms with van der Waals surface area (Å²) >= 11 is 1.53. The van der Waals surface area contributed by atoms with Crippen molar-refractivity contribution < 1.29 is 9.84 Å². The third kappa shape index (κ3) is 1.96. The third-order valence-corrected chi connectivity index (χ3v) is 3.51. The molecule has 0 aliphatic heterocycles. The number of rotatable bonds is 3. The molecular weight excluding hydrogens is 210 g/mol. The van der Waals surface area contributed by atoms with Crippen LogP contribution in [0.2, 0.25) is 0 Å². The molecule has 0 aliphatic carbocycles. The van der Waals surface area contributed by atoms with Crippen LogP contribution in [0.25, 0.3) is 10.2 Å². The van der Waals surface area contributed by atoms with Gasteiger partial charge in [0.15, 0.2) is 0 Å². The van der Waals surface area contributed by atoms with E-state index in [1.165, 1.54) is 11.3 Å². The van der Waals surface area contributed by atoms with Crippen molar-refractivity contribution in [2.75, 3.05) is 7.11 Å². The van der Waals surface area contributed by atoms with Crippen LogP contribution in [0.5, 0.6) is 5.75 Å². The van der Waals surface area contributed by atoms with Crippen LogP contribution in [0.1, 0.15) is 11.8 Å². The van der Waals surface area contributed by atoms with Crippen LogP contribution in [-0.4, -0.2) is 23.3 Å². The Morgan fingerprint density at radius 1 is 1.60 bits per heavy atom. The van der Waals surface area contributed by atoms with Crippen LogP contribution in [0, 0.1) is 0 Å². The lowest BCUT2D eigenvalue weighted by Gasteiger charge is -2.06. The maximum atomic E-state index is 9.95. The van der Waals surface area contributed by atoms with E-state index in [-0.39, 0.29) is 6.10 Å². The first kappa shape index (κ1) is 10.4. The summed E-state index contributed by atoms with van der Waals surface area (Å²) in [4.78, 5) is 6.04. The Kier molecular flexibility index (Phi) is 2.88. The monoisotopic (exact) mass is 223 g/mol. The number of thiophene rings is 1. The number of fused-ring (bicyclic) bond motifs is 1. The molecule has 0 amide bonds. The summed E-state index contributed by atoms with van der Waals surface area (Å²) in [7, 11) is 1.67. The molecule has 1 N–H and O–H groups in total. The molecule has 0 bridgehead atoms. The SMILES string of the molecule is COC(C)Cc1sc2ncccc2c1O. The maximum Gasteiger partial charge on any atom is 0.139 e. The van der Waals surface area contributed by atoms with Crippen molar-refractivity contribution in [3.8, 4) is 5.75 Å². The molecule has 15 heavy (non-hydrogen) atoms. The fourth-order valence-corrected chi connectivity index (χ4v) is 2.60. The predicted octanol–water partition coefficient (Wildman–Crippen LogP) is 2.58. The minimum atomic E-state index is 0.115. The van der Waals surface area contributed by atoms with Crippen LogP contribution in [0.15, 0.2) is 18.3 Å². The van der Waals surface area contributed by atoms with E-state index in [1.807, 2.05) is 19.1 Å².